The number of hydrogen-bond donors (Lipinski definition) is 3. The Balaban J connectivity index is 2.84. The van der Waals surface area contributed by atoms with Crippen LogP contribution >= 0.6 is 0 Å². The van der Waals surface area contributed by atoms with Gasteiger partial charge in [0.1, 0.15) is 11.6 Å². The van der Waals surface area contributed by atoms with Crippen molar-refractivity contribution in [1.29, 1.82) is 0 Å². The van der Waals surface area contributed by atoms with Gasteiger partial charge in [0.15, 0.2) is 0 Å². The molecule has 0 heterocycles. The van der Waals surface area contributed by atoms with Crippen LogP contribution in [0.2, 0.25) is 0 Å². The first-order valence-electron chi connectivity index (χ1n) is 9.48. The Morgan fingerprint density at radius 1 is 1.07 bits per heavy atom. The van der Waals surface area contributed by atoms with Crippen molar-refractivity contribution >= 4 is 23.8 Å². The second-order valence-corrected chi connectivity index (χ2v) is 7.86. The van der Waals surface area contributed by atoms with Crippen molar-refractivity contribution in [2.75, 3.05) is 0 Å². The maximum atomic E-state index is 12.7. The minimum absolute atomic E-state index is 0.0934. The van der Waals surface area contributed by atoms with Crippen LogP contribution in [-0.2, 0) is 30.3 Å². The molecule has 8 nitrogen and oxygen atoms in total. The van der Waals surface area contributed by atoms with E-state index in [1.54, 1.807) is 51.1 Å². The Morgan fingerprint density at radius 3 is 2.21 bits per heavy atom. The highest BCUT2D eigenvalue weighted by Gasteiger charge is 2.29. The average molecular weight is 407 g/mol. The van der Waals surface area contributed by atoms with Crippen LogP contribution < -0.4 is 5.32 Å². The highest BCUT2D eigenvalue weighted by molar-refractivity contribution is 5.87. The zero-order chi connectivity index (χ0) is 22.0. The molecule has 0 bridgehead atoms. The molecule has 0 spiro atoms. The van der Waals surface area contributed by atoms with E-state index >= 15 is 0 Å². The molecule has 0 radical (unpaired) electrons. The predicted octanol–water partition coefficient (Wildman–Crippen LogP) is 2.40. The van der Waals surface area contributed by atoms with Gasteiger partial charge in [0.05, 0.1) is 6.42 Å². The maximum Gasteiger partial charge on any atom is 0.326 e. The van der Waals surface area contributed by atoms with Gasteiger partial charge < -0.3 is 20.3 Å². The van der Waals surface area contributed by atoms with Crippen LogP contribution in [0.5, 0.6) is 0 Å². The van der Waals surface area contributed by atoms with E-state index in [1.165, 1.54) is 0 Å². The van der Waals surface area contributed by atoms with Crippen LogP contribution in [-0.4, -0.2) is 45.7 Å². The topological polar surface area (TPSA) is 130 Å². The van der Waals surface area contributed by atoms with E-state index in [1.807, 2.05) is 0 Å². The SMILES string of the molecule is CC(C)(C)OC(=O)C[C@@H](CCCC(=O)O)C(=O)N[C@@H](Cc1ccccc1)C(=O)O. The number of hydrogen-bond acceptors (Lipinski definition) is 5. The largest absolute Gasteiger partial charge is 0.481 e. The third-order valence-corrected chi connectivity index (χ3v) is 4.04. The Labute approximate surface area is 170 Å². The molecule has 1 aromatic rings. The van der Waals surface area contributed by atoms with Gasteiger partial charge in [-0.3, -0.25) is 14.4 Å². The lowest BCUT2D eigenvalue weighted by Crippen LogP contribution is -2.45. The molecule has 1 amide bonds. The van der Waals surface area contributed by atoms with Crippen molar-refractivity contribution in [3.05, 3.63) is 35.9 Å². The Bertz CT molecular complexity index is 709. The summed E-state index contributed by atoms with van der Waals surface area (Å²) in [4.78, 5) is 47.2. The van der Waals surface area contributed by atoms with Crippen LogP contribution in [0, 0.1) is 5.92 Å². The van der Waals surface area contributed by atoms with Gasteiger partial charge in [0.2, 0.25) is 5.91 Å². The second kappa shape index (κ2) is 11.2. The fraction of sp³-hybridized carbons (Fsp3) is 0.524. The molecule has 0 fully saturated rings. The average Bonchev–Trinajstić information content (AvgIpc) is 2.59. The Kier molecular flexibility index (Phi) is 9.31. The van der Waals surface area contributed by atoms with Gasteiger partial charge in [-0.1, -0.05) is 30.3 Å². The van der Waals surface area contributed by atoms with Gasteiger partial charge in [-0.05, 0) is 39.2 Å². The first-order valence-corrected chi connectivity index (χ1v) is 9.48. The maximum absolute atomic E-state index is 12.7. The molecule has 0 saturated carbocycles. The number of carbonyl (C=O) groups is 4. The van der Waals surface area contributed by atoms with E-state index in [-0.39, 0.29) is 32.1 Å². The zero-order valence-electron chi connectivity index (χ0n) is 17.0. The standard InChI is InChI=1S/C21H29NO7/c1-21(2,3)29-18(25)13-15(10-7-11-17(23)24)19(26)22-16(20(27)28)12-14-8-5-4-6-9-14/h4-6,8-9,15-16H,7,10-13H2,1-3H3,(H,22,26)(H,23,24)(H,27,28)/t15-,16+/m1/s1. The quantitative estimate of drug-likeness (QED) is 0.480. The van der Waals surface area contributed by atoms with Gasteiger partial charge in [-0.15, -0.1) is 0 Å². The molecule has 0 aliphatic rings. The van der Waals surface area contributed by atoms with E-state index in [0.717, 1.165) is 5.56 Å². The number of carboxylic acid groups (broad SMARTS) is 2. The first kappa shape index (κ1) is 24.1. The van der Waals surface area contributed by atoms with E-state index in [0.29, 0.717) is 0 Å². The second-order valence-electron chi connectivity index (χ2n) is 7.86. The summed E-state index contributed by atoms with van der Waals surface area (Å²) in [6, 6.07) is 7.70. The van der Waals surface area contributed by atoms with Crippen LogP contribution in [0.25, 0.3) is 0 Å². The Hall–Kier alpha value is -2.90. The lowest BCUT2D eigenvalue weighted by Gasteiger charge is -2.23. The molecule has 3 N–H and O–H groups in total. The number of rotatable bonds is 11. The minimum Gasteiger partial charge on any atom is -0.481 e. The van der Waals surface area contributed by atoms with E-state index in [2.05, 4.69) is 5.32 Å². The number of esters is 1. The molecule has 0 aliphatic carbocycles. The zero-order valence-corrected chi connectivity index (χ0v) is 17.0. The molecule has 0 saturated heterocycles. The van der Waals surface area contributed by atoms with Crippen molar-refractivity contribution in [2.24, 2.45) is 5.92 Å². The summed E-state index contributed by atoms with van der Waals surface area (Å²) in [5.74, 6) is -4.27. The normalized spacial score (nSPS) is 13.2. The van der Waals surface area contributed by atoms with Crippen molar-refractivity contribution in [2.45, 2.75) is 64.5 Å². The van der Waals surface area contributed by atoms with Gasteiger partial charge in [0.25, 0.3) is 0 Å². The molecule has 160 valence electrons. The number of carbonyl (C=O) groups excluding carboxylic acids is 2. The van der Waals surface area contributed by atoms with Crippen molar-refractivity contribution in [3.8, 4) is 0 Å². The van der Waals surface area contributed by atoms with Gasteiger partial charge >= 0.3 is 17.9 Å². The van der Waals surface area contributed by atoms with Crippen LogP contribution in [0.3, 0.4) is 0 Å². The molecular weight excluding hydrogens is 378 g/mol. The summed E-state index contributed by atoms with van der Waals surface area (Å²) in [6.45, 7) is 5.10. The van der Waals surface area contributed by atoms with Gasteiger partial charge in [-0.25, -0.2) is 4.79 Å². The summed E-state index contributed by atoms with van der Waals surface area (Å²) in [6.07, 6.45) is 0.0166. The molecule has 1 rings (SSSR count). The highest BCUT2D eigenvalue weighted by atomic mass is 16.6. The molecule has 0 aliphatic heterocycles. The Morgan fingerprint density at radius 2 is 1.69 bits per heavy atom. The summed E-state index contributed by atoms with van der Waals surface area (Å²) in [7, 11) is 0. The molecule has 0 aromatic heterocycles. The molecule has 29 heavy (non-hydrogen) atoms. The van der Waals surface area contributed by atoms with E-state index in [4.69, 9.17) is 9.84 Å². The predicted molar refractivity (Wildman–Crippen MR) is 105 cm³/mol. The van der Waals surface area contributed by atoms with Crippen molar-refractivity contribution in [3.63, 3.8) is 0 Å². The fourth-order valence-electron chi connectivity index (χ4n) is 2.75. The summed E-state index contributed by atoms with van der Waals surface area (Å²) >= 11 is 0. The van der Waals surface area contributed by atoms with Crippen molar-refractivity contribution < 1.29 is 34.1 Å². The number of aliphatic carboxylic acids is 2. The smallest absolute Gasteiger partial charge is 0.326 e. The third-order valence-electron chi connectivity index (χ3n) is 4.04. The van der Waals surface area contributed by atoms with Crippen LogP contribution in [0.15, 0.2) is 30.3 Å². The van der Waals surface area contributed by atoms with E-state index < -0.39 is 41.4 Å². The summed E-state index contributed by atoms with van der Waals surface area (Å²) in [5, 5.41) is 20.8. The number of amides is 1. The third kappa shape index (κ3) is 10.3. The van der Waals surface area contributed by atoms with Crippen LogP contribution in [0.4, 0.5) is 0 Å². The number of carboxylic acids is 2. The molecule has 0 unspecified atom stereocenters. The lowest BCUT2D eigenvalue weighted by atomic mass is 9.96. The monoisotopic (exact) mass is 407 g/mol. The summed E-state index contributed by atoms with van der Waals surface area (Å²) < 4.78 is 5.24. The molecule has 1 aromatic carbocycles. The fourth-order valence-corrected chi connectivity index (χ4v) is 2.75. The highest BCUT2D eigenvalue weighted by Crippen LogP contribution is 2.18. The van der Waals surface area contributed by atoms with E-state index in [9.17, 15) is 24.3 Å². The number of ether oxygens (including phenoxy) is 1. The molecule has 2 atom stereocenters. The number of nitrogens with one attached hydrogen (secondary N) is 1. The number of benzene rings is 1. The lowest BCUT2D eigenvalue weighted by molar-refractivity contribution is -0.157. The van der Waals surface area contributed by atoms with Gasteiger partial charge in [0, 0.05) is 18.8 Å². The molecular formula is C21H29NO7. The van der Waals surface area contributed by atoms with Crippen molar-refractivity contribution in [1.82, 2.24) is 5.32 Å². The first-order chi connectivity index (χ1) is 13.5. The van der Waals surface area contributed by atoms with Crippen LogP contribution in [0.1, 0.15) is 52.0 Å². The minimum atomic E-state index is -1.19. The summed E-state index contributed by atoms with van der Waals surface area (Å²) in [5.41, 5.74) is 0.0190. The molecule has 8 heteroatoms. The van der Waals surface area contributed by atoms with Gasteiger partial charge in [-0.2, -0.15) is 0 Å².